The highest BCUT2D eigenvalue weighted by atomic mass is 15.3. The van der Waals surface area contributed by atoms with Crippen LogP contribution in [0.4, 0.5) is 0 Å². The van der Waals surface area contributed by atoms with Crippen LogP contribution in [0.5, 0.6) is 0 Å². The van der Waals surface area contributed by atoms with Crippen molar-refractivity contribution in [2.45, 2.75) is 71.3 Å². The van der Waals surface area contributed by atoms with Crippen molar-refractivity contribution < 1.29 is 0 Å². The quantitative estimate of drug-likeness (QED) is 0.766. The highest BCUT2D eigenvalue weighted by Gasteiger charge is 2.29. The van der Waals surface area contributed by atoms with Crippen molar-refractivity contribution in [3.8, 4) is 0 Å². The molecule has 1 heterocycles. The SMILES string of the molecule is CCCCC1CCC(C(NCCC)c2ccnn2C)CC1. The minimum Gasteiger partial charge on any atom is -0.308 e. The summed E-state index contributed by atoms with van der Waals surface area (Å²) < 4.78 is 2.05. The smallest absolute Gasteiger partial charge is 0.0553 e. The molecule has 1 saturated carbocycles. The molecular formula is C18H33N3. The number of aryl methyl sites for hydroxylation is 1. The first-order chi connectivity index (χ1) is 10.3. The van der Waals surface area contributed by atoms with Gasteiger partial charge in [0.2, 0.25) is 0 Å². The first-order valence-corrected chi connectivity index (χ1v) is 8.97. The third-order valence-corrected chi connectivity index (χ3v) is 5.12. The Kier molecular flexibility index (Phi) is 6.75. The van der Waals surface area contributed by atoms with Gasteiger partial charge in [-0.3, -0.25) is 4.68 Å². The molecule has 0 bridgehead atoms. The van der Waals surface area contributed by atoms with Gasteiger partial charge in [0.05, 0.1) is 11.7 Å². The molecule has 0 aliphatic heterocycles. The summed E-state index contributed by atoms with van der Waals surface area (Å²) in [7, 11) is 2.07. The van der Waals surface area contributed by atoms with E-state index in [1.54, 1.807) is 0 Å². The minimum absolute atomic E-state index is 0.490. The Bertz CT molecular complexity index is 391. The summed E-state index contributed by atoms with van der Waals surface area (Å²) in [6.45, 7) is 5.65. The molecule has 0 amide bonds. The maximum absolute atomic E-state index is 4.37. The second-order valence-electron chi connectivity index (χ2n) is 6.73. The number of aromatic nitrogens is 2. The Morgan fingerprint density at radius 2 is 2.00 bits per heavy atom. The molecule has 0 aromatic carbocycles. The highest BCUT2D eigenvalue weighted by Crippen LogP contribution is 2.38. The Balaban J connectivity index is 1.94. The van der Waals surface area contributed by atoms with Crippen molar-refractivity contribution in [2.24, 2.45) is 18.9 Å². The molecule has 120 valence electrons. The van der Waals surface area contributed by atoms with E-state index in [1.165, 1.54) is 57.1 Å². The molecule has 1 unspecified atom stereocenters. The zero-order valence-electron chi connectivity index (χ0n) is 14.1. The number of hydrogen-bond acceptors (Lipinski definition) is 2. The molecule has 1 atom stereocenters. The van der Waals surface area contributed by atoms with Crippen LogP contribution in [-0.4, -0.2) is 16.3 Å². The topological polar surface area (TPSA) is 29.9 Å². The van der Waals surface area contributed by atoms with Crippen LogP contribution in [-0.2, 0) is 7.05 Å². The Labute approximate surface area is 130 Å². The average Bonchev–Trinajstić information content (AvgIpc) is 2.93. The van der Waals surface area contributed by atoms with Gasteiger partial charge in [-0.15, -0.1) is 0 Å². The van der Waals surface area contributed by atoms with Crippen LogP contribution in [0, 0.1) is 11.8 Å². The van der Waals surface area contributed by atoms with E-state index in [1.807, 2.05) is 6.20 Å². The van der Waals surface area contributed by atoms with E-state index in [0.29, 0.717) is 6.04 Å². The van der Waals surface area contributed by atoms with Gasteiger partial charge in [0.25, 0.3) is 0 Å². The summed E-state index contributed by atoms with van der Waals surface area (Å²) in [5.41, 5.74) is 1.36. The zero-order valence-corrected chi connectivity index (χ0v) is 14.1. The highest BCUT2D eigenvalue weighted by molar-refractivity contribution is 5.08. The van der Waals surface area contributed by atoms with Crippen LogP contribution in [0.15, 0.2) is 12.3 Å². The lowest BCUT2D eigenvalue weighted by molar-refractivity contribution is 0.208. The summed E-state index contributed by atoms with van der Waals surface area (Å²) in [6, 6.07) is 2.68. The summed E-state index contributed by atoms with van der Waals surface area (Å²) in [4.78, 5) is 0. The fourth-order valence-corrected chi connectivity index (χ4v) is 3.80. The first kappa shape index (κ1) is 16.5. The molecule has 1 aliphatic rings. The van der Waals surface area contributed by atoms with Crippen molar-refractivity contribution in [1.82, 2.24) is 15.1 Å². The van der Waals surface area contributed by atoms with Crippen LogP contribution in [0.2, 0.25) is 0 Å². The van der Waals surface area contributed by atoms with Crippen molar-refractivity contribution >= 4 is 0 Å². The molecule has 1 N–H and O–H groups in total. The maximum Gasteiger partial charge on any atom is 0.0553 e. The van der Waals surface area contributed by atoms with E-state index in [2.05, 4.69) is 42.1 Å². The standard InChI is InChI=1S/C18H33N3/c1-4-6-7-15-8-10-16(11-9-15)18(19-13-5-2)17-12-14-20-21(17)3/h12,14-16,18-19H,4-11,13H2,1-3H3. The number of hydrogen-bond donors (Lipinski definition) is 1. The van der Waals surface area contributed by atoms with Gasteiger partial charge in [-0.1, -0.05) is 46.0 Å². The third kappa shape index (κ3) is 4.57. The van der Waals surface area contributed by atoms with E-state index >= 15 is 0 Å². The second kappa shape index (κ2) is 8.57. The number of nitrogens with one attached hydrogen (secondary N) is 1. The lowest BCUT2D eigenvalue weighted by Crippen LogP contribution is -2.33. The Morgan fingerprint density at radius 1 is 1.24 bits per heavy atom. The molecule has 1 aliphatic carbocycles. The lowest BCUT2D eigenvalue weighted by Gasteiger charge is -2.34. The van der Waals surface area contributed by atoms with Gasteiger partial charge in [0, 0.05) is 13.2 Å². The minimum atomic E-state index is 0.490. The van der Waals surface area contributed by atoms with Gasteiger partial charge >= 0.3 is 0 Å². The van der Waals surface area contributed by atoms with E-state index in [9.17, 15) is 0 Å². The molecule has 21 heavy (non-hydrogen) atoms. The predicted octanol–water partition coefficient (Wildman–Crippen LogP) is 4.46. The van der Waals surface area contributed by atoms with Gasteiger partial charge in [0.1, 0.15) is 0 Å². The molecular weight excluding hydrogens is 258 g/mol. The van der Waals surface area contributed by atoms with Crippen LogP contribution in [0.25, 0.3) is 0 Å². The average molecular weight is 291 g/mol. The van der Waals surface area contributed by atoms with Gasteiger partial charge in [0.15, 0.2) is 0 Å². The Morgan fingerprint density at radius 3 is 2.57 bits per heavy atom. The molecule has 1 fully saturated rings. The van der Waals surface area contributed by atoms with Crippen LogP contribution in [0.3, 0.4) is 0 Å². The molecule has 1 aromatic heterocycles. The van der Waals surface area contributed by atoms with E-state index in [4.69, 9.17) is 0 Å². The van der Waals surface area contributed by atoms with Crippen LogP contribution < -0.4 is 5.32 Å². The molecule has 2 rings (SSSR count). The van der Waals surface area contributed by atoms with E-state index in [-0.39, 0.29) is 0 Å². The second-order valence-corrected chi connectivity index (χ2v) is 6.73. The van der Waals surface area contributed by atoms with Gasteiger partial charge in [-0.25, -0.2) is 0 Å². The maximum atomic E-state index is 4.37. The largest absolute Gasteiger partial charge is 0.308 e. The van der Waals surface area contributed by atoms with Crippen molar-refractivity contribution in [1.29, 1.82) is 0 Å². The molecule has 3 heteroatoms. The zero-order chi connectivity index (χ0) is 15.1. The van der Waals surface area contributed by atoms with Gasteiger partial charge in [-0.2, -0.15) is 5.10 Å². The molecule has 0 spiro atoms. The monoisotopic (exact) mass is 291 g/mol. The van der Waals surface area contributed by atoms with E-state index < -0.39 is 0 Å². The first-order valence-electron chi connectivity index (χ1n) is 8.97. The number of nitrogens with zero attached hydrogens (tertiary/aromatic N) is 2. The summed E-state index contributed by atoms with van der Waals surface area (Å²) >= 11 is 0. The summed E-state index contributed by atoms with van der Waals surface area (Å²) in [5.74, 6) is 1.77. The van der Waals surface area contributed by atoms with E-state index in [0.717, 1.165) is 18.4 Å². The number of unbranched alkanes of at least 4 members (excludes halogenated alkanes) is 1. The molecule has 3 nitrogen and oxygen atoms in total. The van der Waals surface area contributed by atoms with Gasteiger partial charge in [-0.05, 0) is 43.7 Å². The third-order valence-electron chi connectivity index (χ3n) is 5.12. The fourth-order valence-electron chi connectivity index (χ4n) is 3.80. The fraction of sp³-hybridized carbons (Fsp3) is 0.833. The lowest BCUT2D eigenvalue weighted by atomic mass is 9.76. The van der Waals surface area contributed by atoms with Gasteiger partial charge < -0.3 is 5.32 Å². The molecule has 1 aromatic rings. The van der Waals surface area contributed by atoms with Crippen LogP contribution in [0.1, 0.15) is 76.9 Å². The molecule has 0 saturated heterocycles. The van der Waals surface area contributed by atoms with Crippen molar-refractivity contribution in [3.05, 3.63) is 18.0 Å². The normalized spacial score (nSPS) is 24.1. The Hall–Kier alpha value is -0.830. The number of rotatable bonds is 8. The molecule has 0 radical (unpaired) electrons. The van der Waals surface area contributed by atoms with Crippen molar-refractivity contribution in [2.75, 3.05) is 6.54 Å². The van der Waals surface area contributed by atoms with Crippen LogP contribution >= 0.6 is 0 Å². The summed E-state index contributed by atoms with van der Waals surface area (Å²) in [6.07, 6.45) is 12.9. The van der Waals surface area contributed by atoms with Crippen molar-refractivity contribution in [3.63, 3.8) is 0 Å². The predicted molar refractivity (Wildman–Crippen MR) is 89.2 cm³/mol. The summed E-state index contributed by atoms with van der Waals surface area (Å²) in [5, 5.41) is 8.15.